The van der Waals surface area contributed by atoms with E-state index < -0.39 is 88.1 Å². The normalized spacial score (nSPS) is 37.6. The lowest BCUT2D eigenvalue weighted by molar-refractivity contribution is -0.136. The second-order valence-corrected chi connectivity index (χ2v) is 7.39. The molecule has 178 valence electrons. The summed E-state index contributed by atoms with van der Waals surface area (Å²) in [5, 5.41) is 1.62. The first-order valence-corrected chi connectivity index (χ1v) is 10.0. The number of carbonyl (C=O) groups is 3. The molecule has 2 aromatic rings. The van der Waals surface area contributed by atoms with Crippen LogP contribution in [0.25, 0.3) is 0 Å². The maximum atomic E-state index is 15.2. The number of amides is 3. The Morgan fingerprint density at radius 1 is 1.21 bits per heavy atom. The number of ether oxygens (including phenoxy) is 2. The molecule has 5 rings (SSSR count). The number of fused-ring (bicyclic) bond motifs is 1. The monoisotopic (exact) mass is 480 g/mol. The van der Waals surface area contributed by atoms with E-state index in [9.17, 15) is 14.4 Å². The van der Waals surface area contributed by atoms with Crippen LogP contribution in [0.4, 0.5) is 4.39 Å². The molecule has 0 aliphatic carbocycles. The molecule has 1 N–H and O–H groups in total. The summed E-state index contributed by atoms with van der Waals surface area (Å²) < 4.78 is 130. The van der Waals surface area contributed by atoms with E-state index in [1.54, 1.807) is 5.32 Å². The van der Waals surface area contributed by atoms with E-state index in [-0.39, 0.29) is 32.9 Å². The lowest BCUT2D eigenvalue weighted by Gasteiger charge is -2.29. The molecule has 8 nitrogen and oxygen atoms in total. The van der Waals surface area contributed by atoms with E-state index in [1.807, 2.05) is 0 Å². The molecule has 3 aliphatic heterocycles. The Hall–Kier alpha value is -3.30. The number of hydrogen-bond acceptors (Lipinski definition) is 6. The molecular weight excluding hydrogens is 441 g/mol. The Morgan fingerprint density at radius 2 is 2.03 bits per heavy atom. The summed E-state index contributed by atoms with van der Waals surface area (Å²) in [5.41, 5.74) is -0.173. The van der Waals surface area contributed by atoms with Gasteiger partial charge in [-0.2, -0.15) is 0 Å². The SMILES string of the molecule is [2H]C1([2H])OC([2H])([2H])C([2H])([2H])N(Cc2ccc(COc3cccc4c3CN([C@@]3([2H])C(=O)NC(=O)C([2H])([2H])C3([2H])[2H])C4=O)c(F)c2)C1([2H])[2H]. The highest BCUT2D eigenvalue weighted by molar-refractivity contribution is 6.05. The van der Waals surface area contributed by atoms with Gasteiger partial charge in [-0.15, -0.1) is 0 Å². The maximum absolute atomic E-state index is 15.2. The largest absolute Gasteiger partial charge is 0.488 e. The standard InChI is InChI=1S/C25H26FN3O5/c26-20-12-16(13-28-8-10-33-11-9-28)4-5-17(20)15-34-22-3-1-2-18-19(22)14-29(25(18)32)21-6-7-23(30)27-24(21)31/h1-5,12,21H,6-11,13-15H2,(H,27,30,31)/t21-/m1/s1/i6D2,7D2,8D2,9D2,10D2,11D2,21D. The Balaban J connectivity index is 1.37. The molecule has 2 saturated heterocycles. The van der Waals surface area contributed by atoms with Gasteiger partial charge in [0.1, 0.15) is 24.2 Å². The number of rotatable bonds is 6. The predicted octanol–water partition coefficient (Wildman–Crippen LogP) is 2.00. The third-order valence-corrected chi connectivity index (χ3v) is 5.24. The molecule has 0 radical (unpaired) electrons. The van der Waals surface area contributed by atoms with E-state index in [2.05, 4.69) is 4.74 Å². The summed E-state index contributed by atoms with van der Waals surface area (Å²) in [4.78, 5) is 38.8. The van der Waals surface area contributed by atoms with Gasteiger partial charge in [-0.05, 0) is 30.1 Å². The number of hydrogen-bond donors (Lipinski definition) is 1. The molecular formula is C25H26FN3O5. The molecule has 1 atom stereocenters. The third kappa shape index (κ3) is 4.53. The Kier molecular flexibility index (Phi) is 3.33. The number of carbonyl (C=O) groups excluding carboxylic acids is 3. The fourth-order valence-electron chi connectivity index (χ4n) is 3.61. The molecule has 0 spiro atoms. The fraction of sp³-hybridized carbons (Fsp3) is 0.400. The van der Waals surface area contributed by atoms with Gasteiger partial charge in [0.15, 0.2) is 0 Å². The van der Waals surface area contributed by atoms with E-state index in [4.69, 9.17) is 22.6 Å². The Morgan fingerprint density at radius 3 is 2.82 bits per heavy atom. The van der Waals surface area contributed by atoms with Crippen molar-refractivity contribution in [3.8, 4) is 5.75 Å². The van der Waals surface area contributed by atoms with Crippen LogP contribution >= 0.6 is 0 Å². The molecule has 2 fully saturated rings. The van der Waals surface area contributed by atoms with Gasteiger partial charge in [0.05, 0.1) is 26.5 Å². The molecule has 3 aliphatic rings. The zero-order valence-electron chi connectivity index (χ0n) is 30.4. The van der Waals surface area contributed by atoms with Gasteiger partial charge in [-0.1, -0.05) is 18.2 Å². The van der Waals surface area contributed by atoms with Crippen LogP contribution in [0.15, 0.2) is 36.4 Å². The van der Waals surface area contributed by atoms with E-state index >= 15 is 4.39 Å². The van der Waals surface area contributed by atoms with Crippen molar-refractivity contribution in [2.24, 2.45) is 0 Å². The number of imide groups is 1. The first kappa shape index (κ1) is 11.9. The van der Waals surface area contributed by atoms with Gasteiger partial charge >= 0.3 is 0 Å². The number of benzene rings is 2. The van der Waals surface area contributed by atoms with Crippen LogP contribution in [-0.2, 0) is 34.0 Å². The summed E-state index contributed by atoms with van der Waals surface area (Å²) in [6.07, 6.45) is -6.83. The van der Waals surface area contributed by atoms with Gasteiger partial charge in [-0.3, -0.25) is 24.6 Å². The molecule has 0 bridgehead atoms. The molecule has 0 saturated carbocycles. The Bertz CT molecular complexity index is 1670. The minimum absolute atomic E-state index is 0.0273. The zero-order chi connectivity index (χ0) is 35.3. The van der Waals surface area contributed by atoms with Crippen molar-refractivity contribution in [1.29, 1.82) is 0 Å². The number of nitrogens with zero attached hydrogens (tertiary/aromatic N) is 2. The van der Waals surface area contributed by atoms with Crippen molar-refractivity contribution in [2.75, 3.05) is 26.1 Å². The number of halogens is 1. The third-order valence-electron chi connectivity index (χ3n) is 5.24. The highest BCUT2D eigenvalue weighted by Crippen LogP contribution is 2.34. The van der Waals surface area contributed by atoms with Crippen molar-refractivity contribution in [3.05, 3.63) is 64.5 Å². The average Bonchev–Trinajstić information content (AvgIpc) is 3.29. The zero-order valence-corrected chi connectivity index (χ0v) is 17.4. The summed E-state index contributed by atoms with van der Waals surface area (Å²) >= 11 is 0. The van der Waals surface area contributed by atoms with Crippen LogP contribution in [0.1, 0.15) is 57.6 Å². The topological polar surface area (TPSA) is 88.2 Å². The summed E-state index contributed by atoms with van der Waals surface area (Å²) in [6, 6.07) is 4.21. The lowest BCUT2D eigenvalue weighted by atomic mass is 10.0. The van der Waals surface area contributed by atoms with Crippen molar-refractivity contribution >= 4 is 17.7 Å². The van der Waals surface area contributed by atoms with Crippen LogP contribution in [0.5, 0.6) is 5.75 Å². The summed E-state index contributed by atoms with van der Waals surface area (Å²) in [7, 11) is 0. The van der Waals surface area contributed by atoms with Crippen LogP contribution in [-0.4, -0.2) is 59.7 Å². The van der Waals surface area contributed by atoms with E-state index in [0.717, 1.165) is 6.07 Å². The minimum Gasteiger partial charge on any atom is -0.488 e. The summed E-state index contributed by atoms with van der Waals surface area (Å²) in [5.74, 6) is -5.10. The smallest absolute Gasteiger partial charge is 0.255 e. The molecule has 34 heavy (non-hydrogen) atoms. The molecule has 0 unspecified atom stereocenters. The highest BCUT2D eigenvalue weighted by atomic mass is 19.1. The van der Waals surface area contributed by atoms with E-state index in [1.165, 1.54) is 30.3 Å². The first-order valence-electron chi connectivity index (χ1n) is 16.5. The molecule has 3 amide bonds. The van der Waals surface area contributed by atoms with Crippen molar-refractivity contribution in [1.82, 2.24) is 15.1 Å². The van der Waals surface area contributed by atoms with Crippen molar-refractivity contribution in [2.45, 2.75) is 38.5 Å². The molecule has 9 heteroatoms. The van der Waals surface area contributed by atoms with Crippen LogP contribution in [0, 0.1) is 5.82 Å². The predicted molar refractivity (Wildman–Crippen MR) is 119 cm³/mol. The molecule has 2 aromatic carbocycles. The second-order valence-electron chi connectivity index (χ2n) is 7.39. The van der Waals surface area contributed by atoms with Gasteiger partial charge < -0.3 is 14.4 Å². The van der Waals surface area contributed by atoms with Crippen molar-refractivity contribution in [3.63, 3.8) is 0 Å². The number of nitrogens with one attached hydrogen (secondary N) is 1. The number of morpholine rings is 1. The quantitative estimate of drug-likeness (QED) is 0.637. The van der Waals surface area contributed by atoms with Gasteiger partial charge in [0.2, 0.25) is 11.8 Å². The average molecular weight is 481 g/mol. The Labute approximate surface area is 214 Å². The maximum Gasteiger partial charge on any atom is 0.255 e. The summed E-state index contributed by atoms with van der Waals surface area (Å²) in [6.45, 7) is -14.7. The minimum atomic E-state index is -3.48. The second kappa shape index (κ2) is 9.52. The van der Waals surface area contributed by atoms with Crippen LogP contribution in [0.2, 0.25) is 0 Å². The van der Waals surface area contributed by atoms with Crippen LogP contribution in [0.3, 0.4) is 0 Å². The van der Waals surface area contributed by atoms with Crippen molar-refractivity contribution < 1.29 is 46.1 Å². The fourth-order valence-corrected chi connectivity index (χ4v) is 3.61. The molecule has 0 aromatic heterocycles. The number of piperidine rings is 1. The molecule has 3 heterocycles. The lowest BCUT2D eigenvalue weighted by Crippen LogP contribution is -2.52. The highest BCUT2D eigenvalue weighted by Gasteiger charge is 2.40. The van der Waals surface area contributed by atoms with E-state index in [0.29, 0.717) is 4.90 Å². The van der Waals surface area contributed by atoms with Gasteiger partial charge in [-0.25, -0.2) is 4.39 Å². The van der Waals surface area contributed by atoms with Crippen LogP contribution < -0.4 is 10.1 Å². The first-order chi connectivity index (χ1) is 21.3. The van der Waals surface area contributed by atoms with Gasteiger partial charge in [0.25, 0.3) is 5.91 Å². The van der Waals surface area contributed by atoms with Gasteiger partial charge in [0, 0.05) is 53.6 Å².